The van der Waals surface area contributed by atoms with E-state index < -0.39 is 5.82 Å². The Hall–Kier alpha value is -1.62. The average molecular weight is 240 g/mol. The Bertz CT molecular complexity index is 392. The molecule has 0 bridgehead atoms. The molecule has 0 spiro atoms. The van der Waals surface area contributed by atoms with Crippen LogP contribution in [0.4, 0.5) is 10.1 Å². The van der Waals surface area contributed by atoms with E-state index in [1.807, 2.05) is 18.7 Å². The zero-order chi connectivity index (χ0) is 12.8. The van der Waals surface area contributed by atoms with Gasteiger partial charge in [-0.1, -0.05) is 13.8 Å². The minimum absolute atomic E-state index is 0.0833. The standard InChI is InChI=1S/C12H17FN2O2/c1-3-15(4-2)8-12(17)14-11-6-5-9(16)7-10(11)13/h5-7,16H,3-4,8H2,1-2H3,(H,14,17). The van der Waals surface area contributed by atoms with Crippen LogP contribution in [-0.4, -0.2) is 35.5 Å². The molecule has 0 heterocycles. The van der Waals surface area contributed by atoms with E-state index in [9.17, 15) is 9.18 Å². The normalized spacial score (nSPS) is 10.6. The molecule has 4 nitrogen and oxygen atoms in total. The average Bonchev–Trinajstić information content (AvgIpc) is 2.29. The number of phenols is 1. The van der Waals surface area contributed by atoms with Crippen LogP contribution in [0.1, 0.15) is 13.8 Å². The van der Waals surface area contributed by atoms with Crippen LogP contribution in [-0.2, 0) is 4.79 Å². The number of likely N-dealkylation sites (N-methyl/N-ethyl adjacent to an activating group) is 1. The van der Waals surface area contributed by atoms with Crippen molar-refractivity contribution >= 4 is 11.6 Å². The van der Waals surface area contributed by atoms with Gasteiger partial charge in [-0.2, -0.15) is 0 Å². The SMILES string of the molecule is CCN(CC)CC(=O)Nc1ccc(O)cc1F. The molecular formula is C12H17FN2O2. The molecule has 0 aliphatic rings. The number of carbonyl (C=O) groups is 1. The Balaban J connectivity index is 2.62. The van der Waals surface area contributed by atoms with Crippen LogP contribution in [0.25, 0.3) is 0 Å². The van der Waals surface area contributed by atoms with Gasteiger partial charge in [0.15, 0.2) is 0 Å². The lowest BCUT2D eigenvalue weighted by Gasteiger charge is -2.17. The number of rotatable bonds is 5. The summed E-state index contributed by atoms with van der Waals surface area (Å²) in [5.74, 6) is -1.07. The van der Waals surface area contributed by atoms with E-state index in [4.69, 9.17) is 5.11 Å². The smallest absolute Gasteiger partial charge is 0.238 e. The molecule has 0 aliphatic carbocycles. The number of amides is 1. The number of benzene rings is 1. The van der Waals surface area contributed by atoms with Crippen molar-refractivity contribution in [2.24, 2.45) is 0 Å². The predicted molar refractivity (Wildman–Crippen MR) is 64.5 cm³/mol. The monoisotopic (exact) mass is 240 g/mol. The highest BCUT2D eigenvalue weighted by Crippen LogP contribution is 2.19. The van der Waals surface area contributed by atoms with Crippen molar-refractivity contribution < 1.29 is 14.3 Å². The number of nitrogens with one attached hydrogen (secondary N) is 1. The topological polar surface area (TPSA) is 52.6 Å². The largest absolute Gasteiger partial charge is 0.508 e. The van der Waals surface area contributed by atoms with E-state index in [2.05, 4.69) is 5.32 Å². The van der Waals surface area contributed by atoms with Crippen molar-refractivity contribution in [1.82, 2.24) is 4.90 Å². The number of halogens is 1. The predicted octanol–water partition coefficient (Wildman–Crippen LogP) is 1.81. The van der Waals surface area contributed by atoms with Crippen molar-refractivity contribution in [2.75, 3.05) is 25.0 Å². The Morgan fingerprint density at radius 1 is 1.41 bits per heavy atom. The summed E-state index contributed by atoms with van der Waals surface area (Å²) in [4.78, 5) is 13.5. The molecule has 2 N–H and O–H groups in total. The molecular weight excluding hydrogens is 223 g/mol. The Labute approximate surface area is 100 Å². The lowest BCUT2D eigenvalue weighted by Crippen LogP contribution is -2.33. The van der Waals surface area contributed by atoms with E-state index in [0.717, 1.165) is 19.2 Å². The lowest BCUT2D eigenvalue weighted by atomic mass is 10.3. The van der Waals surface area contributed by atoms with Crippen LogP contribution in [0.5, 0.6) is 5.75 Å². The zero-order valence-corrected chi connectivity index (χ0v) is 10.0. The summed E-state index contributed by atoms with van der Waals surface area (Å²) in [7, 11) is 0. The summed E-state index contributed by atoms with van der Waals surface area (Å²) in [5.41, 5.74) is 0.0833. The third-order valence-corrected chi connectivity index (χ3v) is 2.49. The quantitative estimate of drug-likeness (QED) is 0.772. The maximum atomic E-state index is 13.3. The third kappa shape index (κ3) is 4.03. The van der Waals surface area contributed by atoms with Crippen molar-refractivity contribution in [3.8, 4) is 5.75 Å². The van der Waals surface area contributed by atoms with Crippen molar-refractivity contribution in [3.05, 3.63) is 24.0 Å². The van der Waals surface area contributed by atoms with Crippen LogP contribution >= 0.6 is 0 Å². The van der Waals surface area contributed by atoms with E-state index in [1.165, 1.54) is 12.1 Å². The summed E-state index contributed by atoms with van der Waals surface area (Å²) >= 11 is 0. The van der Waals surface area contributed by atoms with E-state index >= 15 is 0 Å². The summed E-state index contributed by atoms with van der Waals surface area (Å²) < 4.78 is 13.3. The first-order valence-corrected chi connectivity index (χ1v) is 5.57. The van der Waals surface area contributed by atoms with Gasteiger partial charge in [0.05, 0.1) is 12.2 Å². The highest BCUT2D eigenvalue weighted by Gasteiger charge is 2.10. The third-order valence-electron chi connectivity index (χ3n) is 2.49. The van der Waals surface area contributed by atoms with Crippen LogP contribution in [0.2, 0.25) is 0 Å². The highest BCUT2D eigenvalue weighted by molar-refractivity contribution is 5.92. The minimum atomic E-state index is -0.641. The molecule has 17 heavy (non-hydrogen) atoms. The van der Waals surface area contributed by atoms with Gasteiger partial charge in [0.25, 0.3) is 0 Å². The molecule has 0 radical (unpaired) electrons. The number of phenolic OH excluding ortho intramolecular Hbond substituents is 1. The molecule has 0 fully saturated rings. The number of aromatic hydroxyl groups is 1. The molecule has 94 valence electrons. The van der Waals surface area contributed by atoms with Crippen molar-refractivity contribution in [1.29, 1.82) is 0 Å². The molecule has 1 aromatic rings. The van der Waals surface area contributed by atoms with Crippen LogP contribution in [0.15, 0.2) is 18.2 Å². The molecule has 1 aromatic carbocycles. The number of hydrogen-bond donors (Lipinski definition) is 2. The highest BCUT2D eigenvalue weighted by atomic mass is 19.1. The molecule has 1 rings (SSSR count). The Morgan fingerprint density at radius 3 is 2.59 bits per heavy atom. The number of nitrogens with zero attached hydrogens (tertiary/aromatic N) is 1. The maximum Gasteiger partial charge on any atom is 0.238 e. The number of anilines is 1. The zero-order valence-electron chi connectivity index (χ0n) is 10.0. The van der Waals surface area contributed by atoms with Crippen molar-refractivity contribution in [3.63, 3.8) is 0 Å². The molecule has 0 aliphatic heterocycles. The van der Waals surface area contributed by atoms with Crippen LogP contribution < -0.4 is 5.32 Å². The van der Waals surface area contributed by atoms with E-state index in [1.54, 1.807) is 0 Å². The Kier molecular flexibility index (Phi) is 4.90. The fraction of sp³-hybridized carbons (Fsp3) is 0.417. The fourth-order valence-corrected chi connectivity index (χ4v) is 1.45. The van der Waals surface area contributed by atoms with Gasteiger partial charge in [0, 0.05) is 6.07 Å². The molecule has 0 unspecified atom stereocenters. The maximum absolute atomic E-state index is 13.3. The fourth-order valence-electron chi connectivity index (χ4n) is 1.45. The summed E-state index contributed by atoms with van der Waals surface area (Å²) in [6, 6.07) is 3.63. The molecule has 5 heteroatoms. The first-order valence-electron chi connectivity index (χ1n) is 5.57. The molecule has 1 amide bonds. The molecule has 0 aromatic heterocycles. The van der Waals surface area contributed by atoms with Gasteiger partial charge in [-0.3, -0.25) is 9.69 Å². The van der Waals surface area contributed by atoms with E-state index in [-0.39, 0.29) is 23.9 Å². The van der Waals surface area contributed by atoms with Gasteiger partial charge >= 0.3 is 0 Å². The Morgan fingerprint density at radius 2 is 2.06 bits per heavy atom. The first-order chi connectivity index (χ1) is 8.06. The lowest BCUT2D eigenvalue weighted by molar-refractivity contribution is -0.117. The van der Waals surface area contributed by atoms with E-state index in [0.29, 0.717) is 0 Å². The number of carbonyl (C=O) groups excluding carboxylic acids is 1. The summed E-state index contributed by atoms with van der Waals surface area (Å²) in [6.07, 6.45) is 0. The number of hydrogen-bond acceptors (Lipinski definition) is 3. The van der Waals surface area contributed by atoms with Gasteiger partial charge in [0.1, 0.15) is 11.6 Å². The van der Waals surface area contributed by atoms with Gasteiger partial charge in [0.2, 0.25) is 5.91 Å². The summed E-state index contributed by atoms with van der Waals surface area (Å²) in [5, 5.41) is 11.5. The van der Waals surface area contributed by atoms with Crippen LogP contribution in [0.3, 0.4) is 0 Å². The first kappa shape index (κ1) is 13.4. The van der Waals surface area contributed by atoms with Gasteiger partial charge in [-0.25, -0.2) is 4.39 Å². The second-order valence-corrected chi connectivity index (χ2v) is 3.67. The molecule has 0 saturated heterocycles. The molecule has 0 atom stereocenters. The van der Waals surface area contributed by atoms with Gasteiger partial charge in [-0.15, -0.1) is 0 Å². The second kappa shape index (κ2) is 6.20. The molecule has 0 saturated carbocycles. The van der Waals surface area contributed by atoms with Gasteiger partial charge < -0.3 is 10.4 Å². The van der Waals surface area contributed by atoms with Crippen molar-refractivity contribution in [2.45, 2.75) is 13.8 Å². The van der Waals surface area contributed by atoms with Gasteiger partial charge in [-0.05, 0) is 25.2 Å². The van der Waals surface area contributed by atoms with Crippen LogP contribution in [0, 0.1) is 5.82 Å². The second-order valence-electron chi connectivity index (χ2n) is 3.67. The minimum Gasteiger partial charge on any atom is -0.508 e. The summed E-state index contributed by atoms with van der Waals surface area (Å²) in [6.45, 7) is 5.67.